The summed E-state index contributed by atoms with van der Waals surface area (Å²) in [7, 11) is -0.982. The molecule has 0 aliphatic heterocycles. The van der Waals surface area contributed by atoms with E-state index in [2.05, 4.69) is 0 Å². The van der Waals surface area contributed by atoms with Gasteiger partial charge in [-0.1, -0.05) is 46.9 Å². The van der Waals surface area contributed by atoms with Crippen LogP contribution in [0.1, 0.15) is 23.5 Å². The largest absolute Gasteiger partial charge is 0.481 e. The van der Waals surface area contributed by atoms with Gasteiger partial charge in [-0.15, -0.1) is 0 Å². The molecule has 0 fully saturated rings. The van der Waals surface area contributed by atoms with Crippen LogP contribution in [0.15, 0.2) is 83.8 Å². The summed E-state index contributed by atoms with van der Waals surface area (Å²) in [6.45, 7) is 0. The van der Waals surface area contributed by atoms with Crippen molar-refractivity contribution in [3.8, 4) is 34.8 Å². The van der Waals surface area contributed by atoms with Crippen LogP contribution in [0.2, 0.25) is 15.1 Å². The zero-order chi connectivity index (χ0) is 32.9. The number of benzene rings is 4. The second-order valence-corrected chi connectivity index (χ2v) is 12.9. The summed E-state index contributed by atoms with van der Waals surface area (Å²) in [5.41, 5.74) is 0.553. The molecule has 0 heterocycles. The molecular weight excluding hydrogens is 667 g/mol. The third kappa shape index (κ3) is 8.25. The fourth-order valence-electron chi connectivity index (χ4n) is 3.94. The summed E-state index contributed by atoms with van der Waals surface area (Å²) < 4.78 is 42.8. The maximum absolute atomic E-state index is 12.9. The zero-order valence-corrected chi connectivity index (χ0v) is 26.6. The Morgan fingerprint density at radius 1 is 0.844 bits per heavy atom. The number of aliphatic carboxylic acids is 1. The van der Waals surface area contributed by atoms with Crippen LogP contribution in [-0.4, -0.2) is 43.9 Å². The minimum atomic E-state index is -3.75. The summed E-state index contributed by atoms with van der Waals surface area (Å²) in [5, 5.41) is 19.4. The van der Waals surface area contributed by atoms with Crippen LogP contribution in [0.25, 0.3) is 0 Å². The van der Waals surface area contributed by atoms with E-state index < -0.39 is 34.3 Å². The van der Waals surface area contributed by atoms with E-state index >= 15 is 0 Å². The monoisotopic (exact) mass is 688 g/mol. The molecule has 10 nitrogen and oxygen atoms in total. The number of ether oxygens (including phenoxy) is 3. The Balaban J connectivity index is 1.51. The number of nitriles is 1. The molecule has 1 N–H and O–H groups in total. The van der Waals surface area contributed by atoms with Gasteiger partial charge in [0.05, 0.1) is 43.9 Å². The van der Waals surface area contributed by atoms with Gasteiger partial charge in [-0.3, -0.25) is 9.59 Å². The van der Waals surface area contributed by atoms with E-state index in [0.29, 0.717) is 11.3 Å². The number of carbonyl (C=O) groups is 2. The van der Waals surface area contributed by atoms with Gasteiger partial charge in [0.15, 0.2) is 0 Å². The number of nitrogens with zero attached hydrogens (tertiary/aromatic N) is 2. The minimum Gasteiger partial charge on any atom is -0.481 e. The molecule has 0 aliphatic rings. The molecule has 232 valence electrons. The van der Waals surface area contributed by atoms with Gasteiger partial charge in [-0.25, -0.2) is 12.7 Å². The van der Waals surface area contributed by atoms with Crippen molar-refractivity contribution in [2.45, 2.75) is 17.2 Å². The molecule has 1 atom stereocenters. The molecule has 0 aliphatic carbocycles. The normalized spacial score (nSPS) is 11.8. The molecule has 14 heteroatoms. The molecular formula is C31H23Cl3N2O8S. The van der Waals surface area contributed by atoms with Crippen LogP contribution in [0, 0.1) is 11.3 Å². The predicted molar refractivity (Wildman–Crippen MR) is 167 cm³/mol. The maximum atomic E-state index is 12.9. The summed E-state index contributed by atoms with van der Waals surface area (Å²) in [5.74, 6) is -2.89. The van der Waals surface area contributed by atoms with Crippen LogP contribution < -0.4 is 14.2 Å². The summed E-state index contributed by atoms with van der Waals surface area (Å²) in [6, 6.07) is 20.6. The molecule has 45 heavy (non-hydrogen) atoms. The van der Waals surface area contributed by atoms with Gasteiger partial charge in [-0.05, 0) is 66.2 Å². The van der Waals surface area contributed by atoms with Crippen LogP contribution in [-0.2, 0) is 19.6 Å². The SMILES string of the molecule is CN(C)S(=O)(=O)c1ccc(Oc2cc(C(CC(=O)Oc3ccc(Cl)c(Oc4cccc(C#N)c4)c3)C(=O)O)ccc2Cl)c(Cl)c1. The fraction of sp³-hybridized carbons (Fsp3) is 0.129. The predicted octanol–water partition coefficient (Wildman–Crippen LogP) is 7.52. The highest BCUT2D eigenvalue weighted by Crippen LogP contribution is 2.38. The first-order valence-corrected chi connectivity index (χ1v) is 15.5. The first kappa shape index (κ1) is 33.6. The number of hydrogen-bond donors (Lipinski definition) is 1. The fourth-order valence-corrected chi connectivity index (χ4v) is 5.46. The van der Waals surface area contributed by atoms with Crippen molar-refractivity contribution >= 4 is 56.8 Å². The average molecular weight is 690 g/mol. The zero-order valence-electron chi connectivity index (χ0n) is 23.5. The number of halogens is 3. The maximum Gasteiger partial charge on any atom is 0.312 e. The van der Waals surface area contributed by atoms with Gasteiger partial charge >= 0.3 is 11.9 Å². The molecule has 0 bridgehead atoms. The van der Waals surface area contributed by atoms with Crippen LogP contribution in [0.5, 0.6) is 28.7 Å². The lowest BCUT2D eigenvalue weighted by atomic mass is 9.95. The Bertz CT molecular complexity index is 1930. The lowest BCUT2D eigenvalue weighted by Crippen LogP contribution is -2.22. The van der Waals surface area contributed by atoms with E-state index in [0.717, 1.165) is 4.31 Å². The molecule has 0 amide bonds. The number of esters is 1. The second kappa shape index (κ2) is 14.2. The van der Waals surface area contributed by atoms with E-state index in [9.17, 15) is 23.1 Å². The van der Waals surface area contributed by atoms with E-state index in [-0.39, 0.29) is 48.5 Å². The van der Waals surface area contributed by atoms with Crippen molar-refractivity contribution in [2.24, 2.45) is 0 Å². The summed E-state index contributed by atoms with van der Waals surface area (Å²) >= 11 is 18.8. The highest BCUT2D eigenvalue weighted by Gasteiger charge is 2.26. The van der Waals surface area contributed by atoms with Crippen LogP contribution in [0.4, 0.5) is 0 Å². The lowest BCUT2D eigenvalue weighted by molar-refractivity contribution is -0.144. The number of sulfonamides is 1. The number of carbonyl (C=O) groups excluding carboxylic acids is 1. The standard InChI is InChI=1S/C31H23Cl3N2O8S/c1-36(2)45(40,41)22-8-11-27(26(34)15-22)44-28-13-19(6-9-24(28)32)23(31(38)39)16-30(37)43-21-7-10-25(33)29(14-21)42-20-5-3-4-18(12-20)17-35/h3-15,23H,16H2,1-2H3,(H,38,39). The summed E-state index contributed by atoms with van der Waals surface area (Å²) in [4.78, 5) is 25.0. The first-order chi connectivity index (χ1) is 21.3. The second-order valence-electron chi connectivity index (χ2n) is 9.57. The topological polar surface area (TPSA) is 143 Å². The number of carboxylic acid groups (broad SMARTS) is 1. The summed E-state index contributed by atoms with van der Waals surface area (Å²) in [6.07, 6.45) is -0.558. The van der Waals surface area contributed by atoms with Crippen molar-refractivity contribution in [3.63, 3.8) is 0 Å². The van der Waals surface area contributed by atoms with Crippen molar-refractivity contribution in [1.29, 1.82) is 5.26 Å². The highest BCUT2D eigenvalue weighted by molar-refractivity contribution is 7.89. The number of hydrogen-bond acceptors (Lipinski definition) is 8. The molecule has 4 aromatic carbocycles. The van der Waals surface area contributed by atoms with Gasteiger partial charge in [0.2, 0.25) is 10.0 Å². The Kier molecular flexibility index (Phi) is 10.6. The van der Waals surface area contributed by atoms with Gasteiger partial charge in [0, 0.05) is 20.2 Å². The molecule has 0 saturated heterocycles. The highest BCUT2D eigenvalue weighted by atomic mass is 35.5. The van der Waals surface area contributed by atoms with Gasteiger partial charge in [0.25, 0.3) is 0 Å². The number of rotatable bonds is 11. The molecule has 0 aromatic heterocycles. The Morgan fingerprint density at radius 3 is 2.18 bits per heavy atom. The number of carboxylic acids is 1. The molecule has 4 aromatic rings. The molecule has 4 rings (SSSR count). The average Bonchev–Trinajstić information content (AvgIpc) is 2.99. The van der Waals surface area contributed by atoms with Crippen molar-refractivity contribution in [2.75, 3.05) is 14.1 Å². The minimum absolute atomic E-state index is 0.0261. The molecule has 0 radical (unpaired) electrons. The van der Waals surface area contributed by atoms with Gasteiger partial charge in [-0.2, -0.15) is 5.26 Å². The van der Waals surface area contributed by atoms with E-state index in [1.807, 2.05) is 6.07 Å². The molecule has 0 saturated carbocycles. The Labute approximate surface area is 273 Å². The molecule has 0 spiro atoms. The van der Waals surface area contributed by atoms with Crippen molar-refractivity contribution in [3.05, 3.63) is 105 Å². The Morgan fingerprint density at radius 2 is 1.53 bits per heavy atom. The van der Waals surface area contributed by atoms with E-state index in [4.69, 9.17) is 54.3 Å². The Hall–Kier alpha value is -4.31. The molecule has 1 unspecified atom stereocenters. The van der Waals surface area contributed by atoms with E-state index in [1.165, 1.54) is 74.8 Å². The van der Waals surface area contributed by atoms with Crippen molar-refractivity contribution < 1.29 is 37.3 Å². The quantitative estimate of drug-likeness (QED) is 0.125. The van der Waals surface area contributed by atoms with Crippen molar-refractivity contribution in [1.82, 2.24) is 4.31 Å². The van der Waals surface area contributed by atoms with Gasteiger partial charge in [0.1, 0.15) is 28.7 Å². The first-order valence-electron chi connectivity index (χ1n) is 12.9. The third-order valence-corrected chi connectivity index (χ3v) is 8.98. The van der Waals surface area contributed by atoms with Crippen LogP contribution in [0.3, 0.4) is 0 Å². The lowest BCUT2D eigenvalue weighted by Gasteiger charge is -2.16. The van der Waals surface area contributed by atoms with Gasteiger partial charge < -0.3 is 19.3 Å². The smallest absolute Gasteiger partial charge is 0.312 e. The van der Waals surface area contributed by atoms with E-state index in [1.54, 1.807) is 18.2 Å². The third-order valence-electron chi connectivity index (χ3n) is 6.25. The van der Waals surface area contributed by atoms with Crippen LogP contribution >= 0.6 is 34.8 Å².